The molecule has 0 aromatic rings. The molecule has 38 valence electrons. The summed E-state index contributed by atoms with van der Waals surface area (Å²) in [5.41, 5.74) is 0. The molecule has 1 fully saturated rings. The van der Waals surface area contributed by atoms with Crippen molar-refractivity contribution in [3.05, 3.63) is 5.76 Å². The van der Waals surface area contributed by atoms with E-state index in [1.165, 1.54) is 0 Å². The molecule has 1 aliphatic rings. The Balaban J connectivity index is 2.57. The molecule has 0 atom stereocenters. The van der Waals surface area contributed by atoms with Crippen LogP contribution in [0.15, 0.2) is 5.76 Å². The molecule has 1 rings (SSSR count). The zero-order valence-corrected chi connectivity index (χ0v) is 3.94. The fraction of sp³-hybridized carbons (Fsp3) is 0.600. The molecule has 2 nitrogen and oxygen atoms in total. The second-order valence-electron chi connectivity index (χ2n) is 1.48. The zero-order valence-electron chi connectivity index (χ0n) is 3.94. The van der Waals surface area contributed by atoms with Crippen LogP contribution in [-0.4, -0.2) is 12.5 Å². The summed E-state index contributed by atoms with van der Waals surface area (Å²) in [6, 6.07) is 0. The molecular weight excluding hydrogens is 92.1 g/mol. The van der Waals surface area contributed by atoms with Gasteiger partial charge < -0.3 is 4.74 Å². The second kappa shape index (κ2) is 1.80. The molecule has 0 aromatic carbocycles. The van der Waals surface area contributed by atoms with Gasteiger partial charge in [-0.15, -0.1) is 0 Å². The lowest BCUT2D eigenvalue weighted by molar-refractivity contribution is 0.266. The Morgan fingerprint density at radius 2 is 2.57 bits per heavy atom. The van der Waals surface area contributed by atoms with Crippen molar-refractivity contribution >= 4 is 5.94 Å². The Morgan fingerprint density at radius 3 is 2.86 bits per heavy atom. The van der Waals surface area contributed by atoms with E-state index in [1.54, 1.807) is 5.94 Å². The van der Waals surface area contributed by atoms with Crippen LogP contribution < -0.4 is 0 Å². The Hall–Kier alpha value is -0.750. The molecular formula is C5H6O2. The van der Waals surface area contributed by atoms with Crippen LogP contribution in [0.4, 0.5) is 0 Å². The van der Waals surface area contributed by atoms with Gasteiger partial charge in [-0.3, -0.25) is 0 Å². The molecule has 0 amide bonds. The molecule has 1 saturated heterocycles. The van der Waals surface area contributed by atoms with Gasteiger partial charge in [0.25, 0.3) is 0 Å². The predicted octanol–water partition coefficient (Wildman–Crippen LogP) is 0.512. The van der Waals surface area contributed by atoms with E-state index in [1.807, 2.05) is 0 Å². The molecule has 0 spiro atoms. The van der Waals surface area contributed by atoms with Crippen molar-refractivity contribution in [2.24, 2.45) is 0 Å². The normalized spacial score (nSPS) is 18.6. The maximum atomic E-state index is 9.72. The Kier molecular flexibility index (Phi) is 1.14. The van der Waals surface area contributed by atoms with Crippen LogP contribution in [0.25, 0.3) is 0 Å². The standard InChI is InChI=1S/C5H6O2/c6-4-5-2-1-3-7-5/h1-3H2. The SMILES string of the molecule is O=C=C1CCCO1. The van der Waals surface area contributed by atoms with Crippen LogP contribution in [0.3, 0.4) is 0 Å². The van der Waals surface area contributed by atoms with Crippen molar-refractivity contribution in [3.8, 4) is 0 Å². The average molecular weight is 98.1 g/mol. The first-order valence-electron chi connectivity index (χ1n) is 2.30. The molecule has 0 bridgehead atoms. The van der Waals surface area contributed by atoms with E-state index >= 15 is 0 Å². The number of hydrogen-bond donors (Lipinski definition) is 0. The molecule has 0 N–H and O–H groups in total. The first-order valence-corrected chi connectivity index (χ1v) is 2.30. The Morgan fingerprint density at radius 1 is 1.71 bits per heavy atom. The second-order valence-corrected chi connectivity index (χ2v) is 1.48. The van der Waals surface area contributed by atoms with Gasteiger partial charge in [-0.25, -0.2) is 4.79 Å². The lowest BCUT2D eigenvalue weighted by Crippen LogP contribution is -1.76. The Labute approximate surface area is 41.8 Å². The number of rotatable bonds is 0. The Bertz CT molecular complexity index is 103. The molecule has 0 saturated carbocycles. The highest BCUT2D eigenvalue weighted by Gasteiger charge is 2.06. The lowest BCUT2D eigenvalue weighted by Gasteiger charge is -1.85. The van der Waals surface area contributed by atoms with Gasteiger partial charge in [0.1, 0.15) is 0 Å². The summed E-state index contributed by atoms with van der Waals surface area (Å²) in [5, 5.41) is 0. The van der Waals surface area contributed by atoms with Crippen molar-refractivity contribution in [2.75, 3.05) is 6.61 Å². The molecule has 1 heterocycles. The highest BCUT2D eigenvalue weighted by Crippen LogP contribution is 2.11. The third kappa shape index (κ3) is 0.815. The quantitative estimate of drug-likeness (QED) is 0.413. The lowest BCUT2D eigenvalue weighted by atomic mass is 10.3. The molecule has 7 heavy (non-hydrogen) atoms. The van der Waals surface area contributed by atoms with E-state index in [0.29, 0.717) is 12.4 Å². The molecule has 0 unspecified atom stereocenters. The van der Waals surface area contributed by atoms with Crippen LogP contribution in [0.1, 0.15) is 12.8 Å². The molecule has 0 radical (unpaired) electrons. The van der Waals surface area contributed by atoms with E-state index in [0.717, 1.165) is 12.8 Å². The summed E-state index contributed by atoms with van der Waals surface area (Å²) in [5.74, 6) is 2.19. The van der Waals surface area contributed by atoms with Gasteiger partial charge in [0.15, 0.2) is 11.7 Å². The molecule has 2 heteroatoms. The smallest absolute Gasteiger partial charge is 0.179 e. The number of ether oxygens (including phenoxy) is 1. The van der Waals surface area contributed by atoms with E-state index in [9.17, 15) is 4.79 Å². The highest BCUT2D eigenvalue weighted by atomic mass is 16.5. The average Bonchev–Trinajstić information content (AvgIpc) is 2.14. The van der Waals surface area contributed by atoms with E-state index in [-0.39, 0.29) is 0 Å². The van der Waals surface area contributed by atoms with Gasteiger partial charge in [-0.05, 0) is 6.42 Å². The van der Waals surface area contributed by atoms with Crippen LogP contribution in [0.2, 0.25) is 0 Å². The van der Waals surface area contributed by atoms with Crippen molar-refractivity contribution in [1.82, 2.24) is 0 Å². The minimum atomic E-state index is 0.486. The van der Waals surface area contributed by atoms with E-state index < -0.39 is 0 Å². The maximum absolute atomic E-state index is 9.72. The molecule has 0 aliphatic carbocycles. The van der Waals surface area contributed by atoms with E-state index in [2.05, 4.69) is 0 Å². The van der Waals surface area contributed by atoms with Crippen molar-refractivity contribution < 1.29 is 9.53 Å². The van der Waals surface area contributed by atoms with Gasteiger partial charge in [0, 0.05) is 6.42 Å². The maximum Gasteiger partial charge on any atom is 0.179 e. The first-order chi connectivity index (χ1) is 3.43. The van der Waals surface area contributed by atoms with Crippen LogP contribution in [-0.2, 0) is 9.53 Å². The zero-order chi connectivity index (χ0) is 5.11. The monoisotopic (exact) mass is 98.0 g/mol. The van der Waals surface area contributed by atoms with Gasteiger partial charge in [-0.2, -0.15) is 0 Å². The van der Waals surface area contributed by atoms with Crippen molar-refractivity contribution in [1.29, 1.82) is 0 Å². The van der Waals surface area contributed by atoms with Gasteiger partial charge in [0.2, 0.25) is 0 Å². The van der Waals surface area contributed by atoms with Crippen molar-refractivity contribution in [2.45, 2.75) is 12.8 Å². The topological polar surface area (TPSA) is 26.3 Å². The van der Waals surface area contributed by atoms with E-state index in [4.69, 9.17) is 4.74 Å². The first kappa shape index (κ1) is 4.41. The third-order valence-electron chi connectivity index (χ3n) is 0.938. The molecule has 0 aromatic heterocycles. The summed E-state index contributed by atoms with van der Waals surface area (Å²) in [6.45, 7) is 0.699. The van der Waals surface area contributed by atoms with Crippen molar-refractivity contribution in [3.63, 3.8) is 0 Å². The molecule has 1 aliphatic heterocycles. The highest BCUT2D eigenvalue weighted by molar-refractivity contribution is 5.49. The summed E-state index contributed by atoms with van der Waals surface area (Å²) < 4.78 is 4.80. The largest absolute Gasteiger partial charge is 0.487 e. The minimum Gasteiger partial charge on any atom is -0.487 e. The van der Waals surface area contributed by atoms with Gasteiger partial charge in [-0.1, -0.05) is 0 Å². The van der Waals surface area contributed by atoms with Crippen LogP contribution >= 0.6 is 0 Å². The fourth-order valence-electron chi connectivity index (χ4n) is 0.581. The van der Waals surface area contributed by atoms with Crippen LogP contribution in [0.5, 0.6) is 0 Å². The summed E-state index contributed by atoms with van der Waals surface area (Å²) in [6.07, 6.45) is 1.76. The number of hydrogen-bond acceptors (Lipinski definition) is 2. The van der Waals surface area contributed by atoms with Gasteiger partial charge >= 0.3 is 0 Å². The van der Waals surface area contributed by atoms with Gasteiger partial charge in [0.05, 0.1) is 6.61 Å². The third-order valence-corrected chi connectivity index (χ3v) is 0.938. The summed E-state index contributed by atoms with van der Waals surface area (Å²) in [4.78, 5) is 9.72. The summed E-state index contributed by atoms with van der Waals surface area (Å²) in [7, 11) is 0. The minimum absolute atomic E-state index is 0.486. The predicted molar refractivity (Wildman–Crippen MR) is 24.4 cm³/mol. The summed E-state index contributed by atoms with van der Waals surface area (Å²) >= 11 is 0. The number of carbonyl (C=O) groups excluding carboxylic acids is 1. The van der Waals surface area contributed by atoms with Crippen LogP contribution in [0, 0.1) is 0 Å². The fourth-order valence-corrected chi connectivity index (χ4v) is 0.581. The number of allylic oxidation sites excluding steroid dienone is 1.